The summed E-state index contributed by atoms with van der Waals surface area (Å²) >= 11 is 0. The van der Waals surface area contributed by atoms with Crippen LogP contribution in [0.2, 0.25) is 0 Å². The number of benzene rings is 2. The molecule has 2 aromatic carbocycles. The Balaban J connectivity index is 0.00000324. The smallest absolute Gasteiger partial charge is 0.246 e. The van der Waals surface area contributed by atoms with Gasteiger partial charge in [-0.2, -0.15) is 5.10 Å². The molecule has 0 radical (unpaired) electrons. The number of hydrogen-bond donors (Lipinski definition) is 2. The van der Waals surface area contributed by atoms with Crippen LogP contribution in [0.3, 0.4) is 0 Å². The summed E-state index contributed by atoms with van der Waals surface area (Å²) < 4.78 is 1.60. The molecule has 4 rings (SSSR count). The van der Waals surface area contributed by atoms with Crippen molar-refractivity contribution >= 4 is 47.6 Å². The molecule has 0 unspecified atom stereocenters. The molecule has 1 amide bonds. The second-order valence-corrected chi connectivity index (χ2v) is 8.05. The number of hydrogen-bond acceptors (Lipinski definition) is 3. The van der Waals surface area contributed by atoms with Crippen LogP contribution in [-0.4, -0.2) is 46.7 Å². The quantitative estimate of drug-likeness (QED) is 0.262. The third-order valence-corrected chi connectivity index (χ3v) is 5.61. The highest BCUT2D eigenvalue weighted by Gasteiger charge is 2.17. The highest BCUT2D eigenvalue weighted by Crippen LogP contribution is 2.19. The SMILES string of the molecule is CN=C(NCc1cccc(NC(=O)Cn2cccn2)c1)N1CCC(=Cc2ccccc2)CC1.I. The van der Waals surface area contributed by atoms with Gasteiger partial charge in [-0.25, -0.2) is 0 Å². The minimum absolute atomic E-state index is 0. The molecule has 0 atom stereocenters. The van der Waals surface area contributed by atoms with Crippen molar-refractivity contribution in [1.29, 1.82) is 0 Å². The van der Waals surface area contributed by atoms with Crippen LogP contribution in [0.25, 0.3) is 6.08 Å². The van der Waals surface area contributed by atoms with Crippen molar-refractivity contribution in [3.8, 4) is 0 Å². The van der Waals surface area contributed by atoms with Gasteiger partial charge in [-0.05, 0) is 42.2 Å². The molecule has 8 heteroatoms. The molecule has 3 aromatic rings. The third-order valence-electron chi connectivity index (χ3n) is 5.61. The van der Waals surface area contributed by atoms with Gasteiger partial charge in [0.2, 0.25) is 5.91 Å². The van der Waals surface area contributed by atoms with Gasteiger partial charge in [0.25, 0.3) is 0 Å². The second-order valence-electron chi connectivity index (χ2n) is 8.05. The number of amides is 1. The van der Waals surface area contributed by atoms with Gasteiger partial charge in [-0.1, -0.05) is 54.1 Å². The zero-order valence-electron chi connectivity index (χ0n) is 19.4. The van der Waals surface area contributed by atoms with Gasteiger partial charge in [-0.3, -0.25) is 14.5 Å². The molecule has 1 aliphatic rings. The van der Waals surface area contributed by atoms with Crippen LogP contribution in [0.5, 0.6) is 0 Å². The number of anilines is 1. The molecule has 0 aliphatic carbocycles. The Kier molecular flexibility index (Phi) is 9.69. The summed E-state index contributed by atoms with van der Waals surface area (Å²) in [5.74, 6) is 0.800. The maximum absolute atomic E-state index is 12.2. The molecule has 1 saturated heterocycles. The van der Waals surface area contributed by atoms with E-state index in [9.17, 15) is 4.79 Å². The topological polar surface area (TPSA) is 74.5 Å². The zero-order valence-corrected chi connectivity index (χ0v) is 21.7. The molecule has 2 N–H and O–H groups in total. The summed E-state index contributed by atoms with van der Waals surface area (Å²) in [7, 11) is 1.82. The van der Waals surface area contributed by atoms with Crippen molar-refractivity contribution in [3.05, 3.63) is 89.8 Å². The van der Waals surface area contributed by atoms with E-state index in [0.717, 1.165) is 43.1 Å². The number of nitrogens with zero attached hydrogens (tertiary/aromatic N) is 4. The Labute approximate surface area is 218 Å². The van der Waals surface area contributed by atoms with Gasteiger partial charge in [0.1, 0.15) is 6.54 Å². The van der Waals surface area contributed by atoms with E-state index in [-0.39, 0.29) is 36.4 Å². The molecule has 1 fully saturated rings. The fourth-order valence-corrected chi connectivity index (χ4v) is 3.95. The van der Waals surface area contributed by atoms with Gasteiger partial charge in [0.05, 0.1) is 0 Å². The molecule has 0 bridgehead atoms. The Bertz CT molecular complexity index is 1100. The number of guanidine groups is 1. The van der Waals surface area contributed by atoms with Gasteiger partial charge < -0.3 is 15.5 Å². The van der Waals surface area contributed by atoms with Crippen LogP contribution in [0.15, 0.2) is 83.6 Å². The first kappa shape index (κ1) is 25.5. The highest BCUT2D eigenvalue weighted by molar-refractivity contribution is 14.0. The maximum atomic E-state index is 12.2. The van der Waals surface area contributed by atoms with Crippen LogP contribution in [0.4, 0.5) is 5.69 Å². The van der Waals surface area contributed by atoms with E-state index in [1.807, 2.05) is 37.4 Å². The predicted molar refractivity (Wildman–Crippen MR) is 148 cm³/mol. The highest BCUT2D eigenvalue weighted by atomic mass is 127. The summed E-state index contributed by atoms with van der Waals surface area (Å²) in [6.07, 6.45) is 7.81. The van der Waals surface area contributed by atoms with E-state index >= 15 is 0 Å². The molecule has 1 aliphatic heterocycles. The van der Waals surface area contributed by atoms with Crippen molar-refractivity contribution in [1.82, 2.24) is 20.0 Å². The number of rotatable bonds is 6. The second kappa shape index (κ2) is 12.9. The number of likely N-dealkylation sites (tertiary alicyclic amines) is 1. The summed E-state index contributed by atoms with van der Waals surface area (Å²) in [5.41, 5.74) is 4.59. The maximum Gasteiger partial charge on any atom is 0.246 e. The van der Waals surface area contributed by atoms with Crippen LogP contribution in [0.1, 0.15) is 24.0 Å². The molecule has 178 valence electrons. The van der Waals surface area contributed by atoms with Gasteiger partial charge in [0.15, 0.2) is 5.96 Å². The molecule has 34 heavy (non-hydrogen) atoms. The first-order valence-corrected chi connectivity index (χ1v) is 11.3. The molecule has 1 aromatic heterocycles. The summed E-state index contributed by atoms with van der Waals surface area (Å²) in [6.45, 7) is 2.72. The molecule has 0 spiro atoms. The Morgan fingerprint density at radius 3 is 2.59 bits per heavy atom. The van der Waals surface area contributed by atoms with Gasteiger partial charge in [-0.15, -0.1) is 24.0 Å². The van der Waals surface area contributed by atoms with Crippen molar-refractivity contribution in [2.24, 2.45) is 4.99 Å². The van der Waals surface area contributed by atoms with E-state index in [0.29, 0.717) is 6.54 Å². The normalized spacial score (nSPS) is 13.7. The lowest BCUT2D eigenvalue weighted by molar-refractivity contribution is -0.116. The van der Waals surface area contributed by atoms with E-state index < -0.39 is 0 Å². The minimum Gasteiger partial charge on any atom is -0.352 e. The fourth-order valence-electron chi connectivity index (χ4n) is 3.95. The van der Waals surface area contributed by atoms with Crippen molar-refractivity contribution in [3.63, 3.8) is 0 Å². The number of nitrogens with one attached hydrogen (secondary N) is 2. The van der Waals surface area contributed by atoms with E-state index in [1.54, 1.807) is 23.1 Å². The van der Waals surface area contributed by atoms with E-state index in [2.05, 4.69) is 56.0 Å². The summed E-state index contributed by atoms with van der Waals surface area (Å²) in [4.78, 5) is 19.0. The first-order valence-electron chi connectivity index (χ1n) is 11.3. The van der Waals surface area contributed by atoms with Crippen molar-refractivity contribution in [2.75, 3.05) is 25.5 Å². The van der Waals surface area contributed by atoms with Crippen LogP contribution < -0.4 is 10.6 Å². The number of aliphatic imine (C=N–C) groups is 1. The molecule has 7 nitrogen and oxygen atoms in total. The lowest BCUT2D eigenvalue weighted by Crippen LogP contribution is -2.44. The Hall–Kier alpha value is -3.14. The zero-order chi connectivity index (χ0) is 22.9. The van der Waals surface area contributed by atoms with Crippen LogP contribution in [0, 0.1) is 0 Å². The Morgan fingerprint density at radius 2 is 1.88 bits per heavy atom. The lowest BCUT2D eigenvalue weighted by Gasteiger charge is -2.31. The third kappa shape index (κ3) is 7.44. The number of carbonyl (C=O) groups is 1. The summed E-state index contributed by atoms with van der Waals surface area (Å²) in [6, 6.07) is 20.2. The average Bonchev–Trinajstić information content (AvgIpc) is 3.34. The average molecular weight is 570 g/mol. The monoisotopic (exact) mass is 570 g/mol. The summed E-state index contributed by atoms with van der Waals surface area (Å²) in [5, 5.41) is 10.5. The number of halogens is 1. The number of piperidine rings is 1. The van der Waals surface area contributed by atoms with Crippen molar-refractivity contribution < 1.29 is 4.79 Å². The minimum atomic E-state index is -0.104. The van der Waals surface area contributed by atoms with Crippen LogP contribution >= 0.6 is 24.0 Å². The van der Waals surface area contributed by atoms with Crippen LogP contribution in [-0.2, 0) is 17.9 Å². The molecular weight excluding hydrogens is 539 g/mol. The lowest BCUT2D eigenvalue weighted by atomic mass is 10.0. The molecular formula is C26H31IN6O. The van der Waals surface area contributed by atoms with Gasteiger partial charge in [0, 0.05) is 44.8 Å². The predicted octanol–water partition coefficient (Wildman–Crippen LogP) is 4.39. The van der Waals surface area contributed by atoms with E-state index in [4.69, 9.17) is 0 Å². The molecule has 0 saturated carbocycles. The van der Waals surface area contributed by atoms with Crippen molar-refractivity contribution in [2.45, 2.75) is 25.9 Å². The first-order chi connectivity index (χ1) is 16.2. The molecule has 2 heterocycles. The number of aromatic nitrogens is 2. The largest absolute Gasteiger partial charge is 0.352 e. The Morgan fingerprint density at radius 1 is 1.09 bits per heavy atom. The number of carbonyl (C=O) groups excluding carboxylic acids is 1. The fraction of sp³-hybridized carbons (Fsp3) is 0.269. The van der Waals surface area contributed by atoms with E-state index in [1.165, 1.54) is 11.1 Å². The van der Waals surface area contributed by atoms with Gasteiger partial charge >= 0.3 is 0 Å². The standard InChI is InChI=1S/C26H30N6O.HI/c1-27-26(31-15-11-22(12-16-31)17-21-7-3-2-4-8-21)28-19-23-9-5-10-24(18-23)30-25(33)20-32-14-6-13-29-32;/h2-10,13-14,17-18H,11-12,15-16,19-20H2,1H3,(H,27,28)(H,30,33);1H.